The summed E-state index contributed by atoms with van der Waals surface area (Å²) >= 11 is 0. The number of aliphatic carboxylic acids is 1. The molecular weight excluding hydrogens is 282 g/mol. The third-order valence-corrected chi connectivity index (χ3v) is 3.89. The highest BCUT2D eigenvalue weighted by Gasteiger charge is 2.13. The van der Waals surface area contributed by atoms with Crippen molar-refractivity contribution >= 4 is 11.9 Å². The van der Waals surface area contributed by atoms with Gasteiger partial charge in [-0.25, -0.2) is 0 Å². The van der Waals surface area contributed by atoms with Crippen molar-refractivity contribution in [2.24, 2.45) is 5.73 Å². The number of unbranched alkanes of at least 4 members (excludes halogenated alkanes) is 1. The zero-order valence-electron chi connectivity index (χ0n) is 13.5. The van der Waals surface area contributed by atoms with Crippen molar-refractivity contribution in [3.8, 4) is 0 Å². The number of nitrogens with two attached hydrogens (primary N) is 1. The molecule has 0 aromatic rings. The topological polar surface area (TPSA) is 99.7 Å². The number of amides is 1. The van der Waals surface area contributed by atoms with Gasteiger partial charge >= 0.3 is 0 Å². The SMILES string of the molecule is CC1=C(CCC(=O)NCCCCC(N)C(=O)[O-])C[NH+](C)C=C1. The summed E-state index contributed by atoms with van der Waals surface area (Å²) < 4.78 is 0. The minimum Gasteiger partial charge on any atom is -0.548 e. The largest absolute Gasteiger partial charge is 0.548 e. The Kier molecular flexibility index (Phi) is 7.84. The smallest absolute Gasteiger partial charge is 0.220 e. The lowest BCUT2D eigenvalue weighted by molar-refractivity contribution is -0.820. The minimum atomic E-state index is -1.22. The van der Waals surface area contributed by atoms with Gasteiger partial charge in [0.05, 0.1) is 19.2 Å². The predicted octanol–water partition coefficient (Wildman–Crippen LogP) is -1.51. The summed E-state index contributed by atoms with van der Waals surface area (Å²) in [6.45, 7) is 3.59. The number of carboxylic acid groups (broad SMARTS) is 1. The second-order valence-corrected chi connectivity index (χ2v) is 5.91. The number of rotatable bonds is 9. The molecule has 0 aromatic carbocycles. The van der Waals surface area contributed by atoms with E-state index < -0.39 is 12.0 Å². The van der Waals surface area contributed by atoms with Crippen molar-refractivity contribution < 1.29 is 19.6 Å². The fourth-order valence-corrected chi connectivity index (χ4v) is 2.39. The quantitative estimate of drug-likeness (QED) is 0.451. The number of carbonyl (C=O) groups is 2. The first-order valence-corrected chi connectivity index (χ1v) is 7.82. The molecule has 4 N–H and O–H groups in total. The number of allylic oxidation sites excluding steroid dienone is 2. The van der Waals surface area contributed by atoms with Gasteiger partial charge in [-0.1, -0.05) is 0 Å². The maximum absolute atomic E-state index is 11.8. The number of nitrogens with one attached hydrogen (secondary N) is 2. The van der Waals surface area contributed by atoms with Crippen molar-refractivity contribution in [2.75, 3.05) is 20.1 Å². The van der Waals surface area contributed by atoms with Gasteiger partial charge in [0.15, 0.2) is 0 Å². The third kappa shape index (κ3) is 6.87. The average Bonchev–Trinajstić information content (AvgIpc) is 2.47. The summed E-state index contributed by atoms with van der Waals surface area (Å²) in [7, 11) is 2.10. The van der Waals surface area contributed by atoms with Crippen LogP contribution in [-0.2, 0) is 9.59 Å². The van der Waals surface area contributed by atoms with Crippen LogP contribution >= 0.6 is 0 Å². The normalized spacial score (nSPS) is 19.1. The van der Waals surface area contributed by atoms with Gasteiger partial charge in [-0.2, -0.15) is 0 Å². The van der Waals surface area contributed by atoms with E-state index in [0.717, 1.165) is 19.4 Å². The molecular formula is C16H27N3O3. The van der Waals surface area contributed by atoms with Crippen molar-refractivity contribution in [1.29, 1.82) is 0 Å². The Morgan fingerprint density at radius 1 is 1.45 bits per heavy atom. The van der Waals surface area contributed by atoms with Crippen molar-refractivity contribution in [3.63, 3.8) is 0 Å². The lowest BCUT2D eigenvalue weighted by atomic mass is 10.0. The highest BCUT2D eigenvalue weighted by atomic mass is 16.4. The van der Waals surface area contributed by atoms with Crippen LogP contribution < -0.4 is 21.1 Å². The van der Waals surface area contributed by atoms with E-state index in [1.165, 1.54) is 16.0 Å². The Balaban J connectivity index is 2.14. The molecule has 0 radical (unpaired) electrons. The van der Waals surface area contributed by atoms with Crippen LogP contribution in [0.4, 0.5) is 0 Å². The van der Waals surface area contributed by atoms with E-state index in [1.807, 2.05) is 0 Å². The third-order valence-electron chi connectivity index (χ3n) is 3.89. The highest BCUT2D eigenvalue weighted by Crippen LogP contribution is 2.12. The highest BCUT2D eigenvalue weighted by molar-refractivity contribution is 5.76. The predicted molar refractivity (Wildman–Crippen MR) is 82.7 cm³/mol. The van der Waals surface area contributed by atoms with E-state index in [0.29, 0.717) is 25.8 Å². The van der Waals surface area contributed by atoms with E-state index in [-0.39, 0.29) is 5.91 Å². The molecule has 1 amide bonds. The second-order valence-electron chi connectivity index (χ2n) is 5.91. The summed E-state index contributed by atoms with van der Waals surface area (Å²) in [6.07, 6.45) is 7.28. The van der Waals surface area contributed by atoms with Crippen LogP contribution in [0, 0.1) is 0 Å². The monoisotopic (exact) mass is 309 g/mol. The summed E-state index contributed by atoms with van der Waals surface area (Å²) in [5.41, 5.74) is 7.94. The first-order valence-electron chi connectivity index (χ1n) is 7.82. The molecule has 124 valence electrons. The molecule has 0 saturated carbocycles. The van der Waals surface area contributed by atoms with Gasteiger partial charge < -0.3 is 25.9 Å². The van der Waals surface area contributed by atoms with Crippen molar-refractivity contribution in [3.05, 3.63) is 23.4 Å². The lowest BCUT2D eigenvalue weighted by Crippen LogP contribution is -3.04. The van der Waals surface area contributed by atoms with Gasteiger partial charge in [-0.15, -0.1) is 0 Å². The van der Waals surface area contributed by atoms with Gasteiger partial charge in [0.2, 0.25) is 5.91 Å². The van der Waals surface area contributed by atoms with Crippen LogP contribution in [0.5, 0.6) is 0 Å². The Labute approximate surface area is 132 Å². The standard InChI is InChI=1S/C16H27N3O3/c1-12-8-10-19(2)11-13(12)6-7-15(20)18-9-4-3-5-14(17)16(21)22/h8,10,14H,3-7,9,11,17H2,1-2H3,(H,18,20)(H,21,22). The van der Waals surface area contributed by atoms with Crippen LogP contribution in [0.2, 0.25) is 0 Å². The molecule has 0 saturated heterocycles. The number of likely N-dealkylation sites (N-methyl/N-ethyl adjacent to an activating group) is 1. The molecule has 1 heterocycles. The zero-order chi connectivity index (χ0) is 16.5. The number of carbonyl (C=O) groups excluding carboxylic acids is 2. The molecule has 1 rings (SSSR count). The Hall–Kier alpha value is -1.66. The van der Waals surface area contributed by atoms with Crippen molar-refractivity contribution in [1.82, 2.24) is 5.32 Å². The zero-order valence-corrected chi connectivity index (χ0v) is 13.5. The van der Waals surface area contributed by atoms with Crippen LogP contribution in [0.1, 0.15) is 39.0 Å². The average molecular weight is 309 g/mol. The van der Waals surface area contributed by atoms with E-state index >= 15 is 0 Å². The first-order chi connectivity index (χ1) is 10.4. The Morgan fingerprint density at radius 3 is 2.86 bits per heavy atom. The second kappa shape index (κ2) is 9.38. The maximum atomic E-state index is 11.8. The van der Waals surface area contributed by atoms with E-state index in [1.54, 1.807) is 0 Å². The lowest BCUT2D eigenvalue weighted by Gasteiger charge is -2.18. The molecule has 0 aliphatic carbocycles. The molecule has 2 unspecified atom stereocenters. The Morgan fingerprint density at radius 2 is 2.18 bits per heavy atom. The van der Waals surface area contributed by atoms with Crippen LogP contribution in [0.15, 0.2) is 23.4 Å². The van der Waals surface area contributed by atoms with Gasteiger partial charge in [-0.3, -0.25) is 4.79 Å². The molecule has 1 aliphatic rings. The van der Waals surface area contributed by atoms with E-state index in [9.17, 15) is 14.7 Å². The van der Waals surface area contributed by atoms with E-state index in [4.69, 9.17) is 5.73 Å². The molecule has 0 aromatic heterocycles. The number of carboxylic acids is 1. The summed E-state index contributed by atoms with van der Waals surface area (Å²) in [4.78, 5) is 23.6. The molecule has 0 bridgehead atoms. The molecule has 6 heteroatoms. The molecule has 0 fully saturated rings. The minimum absolute atomic E-state index is 0.0386. The first kappa shape index (κ1) is 18.4. The van der Waals surface area contributed by atoms with Gasteiger partial charge in [-0.05, 0) is 49.8 Å². The molecule has 1 aliphatic heterocycles. The summed E-state index contributed by atoms with van der Waals surface area (Å²) in [6, 6.07) is -0.913. The van der Waals surface area contributed by atoms with Gasteiger partial charge in [0.1, 0.15) is 6.54 Å². The summed E-state index contributed by atoms with van der Waals surface area (Å²) in [5.74, 6) is -1.18. The van der Waals surface area contributed by atoms with Crippen LogP contribution in [-0.4, -0.2) is 38.1 Å². The summed E-state index contributed by atoms with van der Waals surface area (Å²) in [5, 5.41) is 13.3. The van der Waals surface area contributed by atoms with E-state index in [2.05, 4.69) is 31.6 Å². The number of hydrogen-bond acceptors (Lipinski definition) is 4. The number of hydrogen-bond donors (Lipinski definition) is 3. The molecule has 22 heavy (non-hydrogen) atoms. The van der Waals surface area contributed by atoms with Crippen LogP contribution in [0.3, 0.4) is 0 Å². The Bertz CT molecular complexity index is 458. The fraction of sp³-hybridized carbons (Fsp3) is 0.625. The molecule has 6 nitrogen and oxygen atoms in total. The fourth-order valence-electron chi connectivity index (χ4n) is 2.39. The molecule has 0 spiro atoms. The van der Waals surface area contributed by atoms with Gasteiger partial charge in [0, 0.05) is 19.0 Å². The van der Waals surface area contributed by atoms with Crippen molar-refractivity contribution in [2.45, 2.75) is 45.1 Å². The van der Waals surface area contributed by atoms with Gasteiger partial charge in [0.25, 0.3) is 0 Å². The maximum Gasteiger partial charge on any atom is 0.220 e. The number of quaternary nitrogens is 1. The van der Waals surface area contributed by atoms with Crippen LogP contribution in [0.25, 0.3) is 0 Å². The molecule has 2 atom stereocenters.